The molecule has 2 aliphatic rings. The van der Waals surface area contributed by atoms with Gasteiger partial charge in [0.2, 0.25) is 5.91 Å². The van der Waals surface area contributed by atoms with E-state index in [1.807, 2.05) is 0 Å². The number of anilines is 2. The van der Waals surface area contributed by atoms with Crippen LogP contribution >= 0.6 is 0 Å². The van der Waals surface area contributed by atoms with Gasteiger partial charge in [0.25, 0.3) is 18.2 Å². The van der Waals surface area contributed by atoms with E-state index in [-0.39, 0.29) is 24.7 Å². The van der Waals surface area contributed by atoms with Gasteiger partial charge in [-0.1, -0.05) is 6.42 Å². The van der Waals surface area contributed by atoms with E-state index in [1.165, 1.54) is 17.0 Å². The van der Waals surface area contributed by atoms with E-state index in [9.17, 15) is 23.2 Å². The third kappa shape index (κ3) is 5.07. The van der Waals surface area contributed by atoms with Crippen molar-refractivity contribution >= 4 is 29.1 Å². The Morgan fingerprint density at radius 2 is 2.07 bits per heavy atom. The van der Waals surface area contributed by atoms with Gasteiger partial charge in [0.05, 0.1) is 6.61 Å². The summed E-state index contributed by atoms with van der Waals surface area (Å²) in [5.74, 6) is -1.63. The van der Waals surface area contributed by atoms with Crippen LogP contribution in [0.15, 0.2) is 18.2 Å². The minimum absolute atomic E-state index is 0.116. The fraction of sp³-hybridized carbons (Fsp3) is 0.526. The second kappa shape index (κ2) is 9.27. The molecule has 1 aliphatic heterocycles. The topological polar surface area (TPSA) is 114 Å². The van der Waals surface area contributed by atoms with E-state index >= 15 is 0 Å². The molecule has 4 N–H and O–H groups in total. The molecule has 29 heavy (non-hydrogen) atoms. The maximum Gasteiger partial charge on any atom is 0.265 e. The lowest BCUT2D eigenvalue weighted by molar-refractivity contribution is -0.128. The molecular formula is C19H24F2N4O4. The highest BCUT2D eigenvalue weighted by molar-refractivity contribution is 6.10. The third-order valence-corrected chi connectivity index (χ3v) is 5.21. The number of nitrogens with two attached hydrogens (primary N) is 1. The van der Waals surface area contributed by atoms with E-state index in [1.54, 1.807) is 0 Å². The molecule has 0 aromatic heterocycles. The van der Waals surface area contributed by atoms with E-state index in [0.717, 1.165) is 25.3 Å². The molecule has 1 heterocycles. The molecule has 1 aromatic rings. The van der Waals surface area contributed by atoms with Crippen molar-refractivity contribution in [3.8, 4) is 0 Å². The van der Waals surface area contributed by atoms with Crippen LogP contribution in [0.3, 0.4) is 0 Å². The number of amides is 3. The molecule has 0 unspecified atom stereocenters. The van der Waals surface area contributed by atoms with Crippen LogP contribution in [0.4, 0.5) is 20.2 Å². The number of rotatable bonds is 8. The molecule has 1 saturated carbocycles. The zero-order chi connectivity index (χ0) is 21.0. The van der Waals surface area contributed by atoms with Crippen LogP contribution < -0.4 is 21.3 Å². The quantitative estimate of drug-likeness (QED) is 0.557. The highest BCUT2D eigenvalue weighted by atomic mass is 19.3. The highest BCUT2D eigenvalue weighted by Gasteiger charge is 2.28. The minimum atomic E-state index is -2.89. The molecule has 10 heteroatoms. The molecule has 0 bridgehead atoms. The number of morpholine rings is 1. The SMILES string of the molecule is NC(=O)[C@@H](NCC1CCC1)C(=O)Nc1ccc(N2CCOCC2=O)cc1C(F)F. The maximum absolute atomic E-state index is 13.6. The summed E-state index contributed by atoms with van der Waals surface area (Å²) >= 11 is 0. The molecule has 1 atom stereocenters. The number of benzene rings is 1. The summed E-state index contributed by atoms with van der Waals surface area (Å²) in [7, 11) is 0. The van der Waals surface area contributed by atoms with Crippen LogP contribution in [-0.2, 0) is 19.1 Å². The van der Waals surface area contributed by atoms with Gasteiger partial charge >= 0.3 is 0 Å². The average molecular weight is 410 g/mol. The average Bonchev–Trinajstić information content (AvgIpc) is 2.64. The second-order valence-corrected chi connectivity index (χ2v) is 7.20. The number of primary amides is 1. The normalized spacial score (nSPS) is 18.4. The van der Waals surface area contributed by atoms with Gasteiger partial charge in [-0.15, -0.1) is 0 Å². The fourth-order valence-electron chi connectivity index (χ4n) is 3.31. The van der Waals surface area contributed by atoms with Crippen LogP contribution in [0.2, 0.25) is 0 Å². The van der Waals surface area contributed by atoms with Gasteiger partial charge in [0.15, 0.2) is 6.04 Å². The maximum atomic E-state index is 13.6. The van der Waals surface area contributed by atoms with Gasteiger partial charge < -0.3 is 20.7 Å². The van der Waals surface area contributed by atoms with E-state index in [0.29, 0.717) is 24.8 Å². The monoisotopic (exact) mass is 410 g/mol. The number of carbonyl (C=O) groups excluding carboxylic acids is 3. The number of hydrogen-bond acceptors (Lipinski definition) is 5. The lowest BCUT2D eigenvalue weighted by Gasteiger charge is -2.28. The second-order valence-electron chi connectivity index (χ2n) is 7.20. The summed E-state index contributed by atoms with van der Waals surface area (Å²) in [4.78, 5) is 37.4. The number of nitrogens with zero attached hydrogens (tertiary/aromatic N) is 1. The van der Waals surface area contributed by atoms with Crippen molar-refractivity contribution in [1.82, 2.24) is 5.32 Å². The molecule has 3 amide bonds. The highest BCUT2D eigenvalue weighted by Crippen LogP contribution is 2.32. The van der Waals surface area contributed by atoms with Crippen molar-refractivity contribution in [3.05, 3.63) is 23.8 Å². The van der Waals surface area contributed by atoms with Crippen LogP contribution in [0.1, 0.15) is 31.3 Å². The molecule has 1 aromatic carbocycles. The van der Waals surface area contributed by atoms with Gasteiger partial charge in [-0.05, 0) is 43.5 Å². The van der Waals surface area contributed by atoms with Gasteiger partial charge in [-0.2, -0.15) is 0 Å². The summed E-state index contributed by atoms with van der Waals surface area (Å²) in [6.07, 6.45) is 0.237. The van der Waals surface area contributed by atoms with Crippen molar-refractivity contribution < 1.29 is 27.9 Å². The molecule has 1 saturated heterocycles. The van der Waals surface area contributed by atoms with E-state index < -0.39 is 29.8 Å². The van der Waals surface area contributed by atoms with Crippen LogP contribution in [0.25, 0.3) is 0 Å². The Morgan fingerprint density at radius 3 is 2.66 bits per heavy atom. The van der Waals surface area contributed by atoms with Gasteiger partial charge in [0, 0.05) is 23.5 Å². The largest absolute Gasteiger partial charge is 0.370 e. The molecule has 158 valence electrons. The summed E-state index contributed by atoms with van der Waals surface area (Å²) in [5.41, 5.74) is 5.02. The molecule has 1 aliphatic carbocycles. The number of carbonyl (C=O) groups is 3. The molecule has 8 nitrogen and oxygen atoms in total. The predicted molar refractivity (Wildman–Crippen MR) is 102 cm³/mol. The molecule has 0 spiro atoms. The Bertz CT molecular complexity index is 785. The summed E-state index contributed by atoms with van der Waals surface area (Å²) in [6, 6.07) is 2.60. The fourth-order valence-corrected chi connectivity index (χ4v) is 3.31. The first-order valence-corrected chi connectivity index (χ1v) is 9.50. The summed E-state index contributed by atoms with van der Waals surface area (Å²) in [5, 5.41) is 5.18. The van der Waals surface area contributed by atoms with Crippen molar-refractivity contribution in [2.45, 2.75) is 31.7 Å². The number of alkyl halides is 2. The van der Waals surface area contributed by atoms with Crippen LogP contribution in [0, 0.1) is 5.92 Å². The summed E-state index contributed by atoms with van der Waals surface area (Å²) in [6.45, 7) is 0.902. The number of nitrogens with one attached hydrogen (secondary N) is 2. The predicted octanol–water partition coefficient (Wildman–Crippen LogP) is 1.17. The number of ether oxygens (including phenoxy) is 1. The van der Waals surface area contributed by atoms with Crippen molar-refractivity contribution in [2.75, 3.05) is 36.5 Å². The van der Waals surface area contributed by atoms with Gasteiger partial charge in [-0.3, -0.25) is 19.7 Å². The van der Waals surface area contributed by atoms with E-state index in [4.69, 9.17) is 10.5 Å². The Labute approximate surface area is 166 Å². The van der Waals surface area contributed by atoms with Crippen LogP contribution in [-0.4, -0.2) is 50.1 Å². The molecular weight excluding hydrogens is 386 g/mol. The Morgan fingerprint density at radius 1 is 1.31 bits per heavy atom. The first kappa shape index (κ1) is 21.1. The molecule has 2 fully saturated rings. The smallest absolute Gasteiger partial charge is 0.265 e. The first-order valence-electron chi connectivity index (χ1n) is 9.50. The van der Waals surface area contributed by atoms with Crippen molar-refractivity contribution in [3.63, 3.8) is 0 Å². The van der Waals surface area contributed by atoms with E-state index in [2.05, 4.69) is 10.6 Å². The van der Waals surface area contributed by atoms with Crippen molar-refractivity contribution in [1.29, 1.82) is 0 Å². The molecule has 3 rings (SSSR count). The first-order chi connectivity index (χ1) is 13.9. The zero-order valence-corrected chi connectivity index (χ0v) is 15.8. The lowest BCUT2D eigenvalue weighted by atomic mass is 9.85. The Hall–Kier alpha value is -2.59. The number of hydrogen-bond donors (Lipinski definition) is 3. The standard InChI is InChI=1S/C19H24F2N4O4/c20-17(21)13-8-12(25-6-7-29-10-15(25)26)4-5-14(13)24-19(28)16(18(22)27)23-9-11-2-1-3-11/h4-5,8,11,16-17,23H,1-3,6-7,9-10H2,(H2,22,27)(H,24,28)/t16-/m1/s1. The van der Waals surface area contributed by atoms with Gasteiger partial charge in [0.1, 0.15) is 6.61 Å². The van der Waals surface area contributed by atoms with Crippen LogP contribution in [0.5, 0.6) is 0 Å². The van der Waals surface area contributed by atoms with Gasteiger partial charge in [-0.25, -0.2) is 8.78 Å². The zero-order valence-electron chi connectivity index (χ0n) is 15.8. The lowest BCUT2D eigenvalue weighted by Crippen LogP contribution is -2.51. The summed E-state index contributed by atoms with van der Waals surface area (Å²) < 4.78 is 32.2. The molecule has 0 radical (unpaired) electrons. The number of halogens is 2. The third-order valence-electron chi connectivity index (χ3n) is 5.21. The Kier molecular flexibility index (Phi) is 6.75. The Balaban J connectivity index is 1.74. The van der Waals surface area contributed by atoms with Crippen molar-refractivity contribution in [2.24, 2.45) is 11.7 Å². The minimum Gasteiger partial charge on any atom is -0.370 e.